The maximum absolute atomic E-state index is 12.2. The number of amides is 1. The summed E-state index contributed by atoms with van der Waals surface area (Å²) in [5, 5.41) is 6.77. The smallest absolute Gasteiger partial charge is 0.252 e. The minimum absolute atomic E-state index is 0.151. The molecule has 0 bridgehead atoms. The molecule has 0 unspecified atom stereocenters. The summed E-state index contributed by atoms with van der Waals surface area (Å²) >= 11 is 6.06. The molecule has 0 radical (unpaired) electrons. The largest absolute Gasteiger partial charge is 0.357 e. The van der Waals surface area contributed by atoms with Gasteiger partial charge in [0.25, 0.3) is 5.91 Å². The van der Waals surface area contributed by atoms with Gasteiger partial charge in [-0.2, -0.15) is 0 Å². The molecule has 2 N–H and O–H groups in total. The molecule has 1 aromatic carbocycles. The van der Waals surface area contributed by atoms with Gasteiger partial charge < -0.3 is 15.5 Å². The van der Waals surface area contributed by atoms with Crippen LogP contribution in [0.4, 0.5) is 0 Å². The number of guanidine groups is 1. The van der Waals surface area contributed by atoms with Crippen molar-refractivity contribution in [3.8, 4) is 0 Å². The molecule has 3 rings (SSSR count). The van der Waals surface area contributed by atoms with Crippen LogP contribution in [-0.2, 0) is 0 Å². The minimum atomic E-state index is -0.151. The zero-order valence-electron chi connectivity index (χ0n) is 15.6. The fourth-order valence-corrected chi connectivity index (χ4v) is 4.37. The van der Waals surface area contributed by atoms with Crippen LogP contribution < -0.4 is 10.6 Å². The van der Waals surface area contributed by atoms with Crippen LogP contribution in [0.2, 0.25) is 5.02 Å². The van der Waals surface area contributed by atoms with Crippen molar-refractivity contribution in [1.82, 2.24) is 15.5 Å². The van der Waals surface area contributed by atoms with Gasteiger partial charge in [0.05, 0.1) is 17.1 Å². The topological polar surface area (TPSA) is 56.7 Å². The molecule has 1 aromatic rings. The Balaban J connectivity index is 1.52. The second-order valence-corrected chi connectivity index (χ2v) is 7.76. The fraction of sp³-hybridized carbons (Fsp3) is 0.600. The molecule has 1 aliphatic heterocycles. The van der Waals surface area contributed by atoms with Crippen LogP contribution in [-0.4, -0.2) is 49.5 Å². The molecular formula is C20H29ClN4O. The first kappa shape index (κ1) is 19.0. The van der Waals surface area contributed by atoms with Crippen molar-refractivity contribution < 1.29 is 4.79 Å². The van der Waals surface area contributed by atoms with E-state index in [1.165, 1.54) is 32.1 Å². The predicted molar refractivity (Wildman–Crippen MR) is 107 cm³/mol. The predicted octanol–water partition coefficient (Wildman–Crippen LogP) is 3.30. The van der Waals surface area contributed by atoms with Gasteiger partial charge in [-0.15, -0.1) is 0 Å². The normalized spacial score (nSPS) is 19.2. The minimum Gasteiger partial charge on any atom is -0.357 e. The summed E-state index contributed by atoms with van der Waals surface area (Å²) < 4.78 is 0. The summed E-state index contributed by atoms with van der Waals surface area (Å²) in [5.74, 6) is 0.824. The zero-order valence-corrected chi connectivity index (χ0v) is 16.3. The van der Waals surface area contributed by atoms with Gasteiger partial charge in [-0.05, 0) is 43.7 Å². The molecule has 1 aliphatic carbocycles. The molecule has 2 fully saturated rings. The van der Waals surface area contributed by atoms with E-state index in [1.54, 1.807) is 12.1 Å². The molecule has 0 aromatic heterocycles. The summed E-state index contributed by atoms with van der Waals surface area (Å²) in [6, 6.07) is 7.09. The number of nitrogens with one attached hydrogen (secondary N) is 2. The Morgan fingerprint density at radius 3 is 2.73 bits per heavy atom. The van der Waals surface area contributed by atoms with Crippen molar-refractivity contribution in [1.29, 1.82) is 0 Å². The van der Waals surface area contributed by atoms with Crippen LogP contribution in [0, 0.1) is 5.41 Å². The van der Waals surface area contributed by atoms with Crippen LogP contribution >= 0.6 is 11.6 Å². The molecule has 6 heteroatoms. The van der Waals surface area contributed by atoms with E-state index in [1.807, 2.05) is 12.1 Å². The Hall–Kier alpha value is -1.75. The van der Waals surface area contributed by atoms with Crippen LogP contribution in [0.3, 0.4) is 0 Å². The third-order valence-corrected chi connectivity index (χ3v) is 5.84. The quantitative estimate of drug-likeness (QED) is 0.471. The molecule has 2 aliphatic rings. The molecule has 142 valence electrons. The Morgan fingerprint density at radius 1 is 1.23 bits per heavy atom. The average Bonchev–Trinajstić information content (AvgIpc) is 3.28. The first-order valence-electron chi connectivity index (χ1n) is 9.69. The molecule has 26 heavy (non-hydrogen) atoms. The maximum atomic E-state index is 12.2. The number of carbonyl (C=O) groups is 1. The lowest BCUT2D eigenvalue weighted by atomic mass is 9.86. The van der Waals surface area contributed by atoms with Gasteiger partial charge in [0.2, 0.25) is 0 Å². The standard InChI is InChI=1S/C20H29ClN4O/c1-2-22-19(25-14-11-20(15-25)9-5-6-10-20)24-13-12-23-18(26)16-7-3-4-8-17(16)21/h3-4,7-8H,2,5-6,9-15H2,1H3,(H,22,24)(H,23,26). The first-order chi connectivity index (χ1) is 12.6. The Kier molecular flexibility index (Phi) is 6.41. The zero-order chi connectivity index (χ0) is 18.4. The van der Waals surface area contributed by atoms with Crippen molar-refractivity contribution in [2.75, 3.05) is 32.7 Å². The van der Waals surface area contributed by atoms with Crippen molar-refractivity contribution in [3.63, 3.8) is 0 Å². The molecule has 5 nitrogen and oxygen atoms in total. The third kappa shape index (κ3) is 4.50. The lowest BCUT2D eigenvalue weighted by Gasteiger charge is -2.26. The maximum Gasteiger partial charge on any atom is 0.252 e. The van der Waals surface area contributed by atoms with Crippen molar-refractivity contribution >= 4 is 23.5 Å². The monoisotopic (exact) mass is 376 g/mol. The van der Waals surface area contributed by atoms with Crippen molar-refractivity contribution in [3.05, 3.63) is 34.9 Å². The van der Waals surface area contributed by atoms with Crippen LogP contribution in [0.15, 0.2) is 29.3 Å². The van der Waals surface area contributed by atoms with Crippen LogP contribution in [0.5, 0.6) is 0 Å². The fourth-order valence-electron chi connectivity index (χ4n) is 4.15. The van der Waals surface area contributed by atoms with Gasteiger partial charge in [-0.25, -0.2) is 0 Å². The number of rotatable bonds is 5. The van der Waals surface area contributed by atoms with E-state index in [9.17, 15) is 4.79 Å². The number of carbonyl (C=O) groups excluding carboxylic acids is 1. The van der Waals surface area contributed by atoms with E-state index < -0.39 is 0 Å². The number of likely N-dealkylation sites (tertiary alicyclic amines) is 1. The van der Waals surface area contributed by atoms with Gasteiger partial charge in [0.15, 0.2) is 5.96 Å². The van der Waals surface area contributed by atoms with Gasteiger partial charge in [-0.3, -0.25) is 9.79 Å². The SMILES string of the molecule is CCNC(=NCCNC(=O)c1ccccc1Cl)N1CCC2(CCCC2)C1. The molecule has 1 heterocycles. The van der Waals surface area contributed by atoms with E-state index in [2.05, 4.69) is 22.5 Å². The van der Waals surface area contributed by atoms with E-state index >= 15 is 0 Å². The highest BCUT2D eigenvalue weighted by atomic mass is 35.5. The highest BCUT2D eigenvalue weighted by molar-refractivity contribution is 6.33. The molecule has 1 amide bonds. The highest BCUT2D eigenvalue weighted by Gasteiger charge is 2.41. The highest BCUT2D eigenvalue weighted by Crippen LogP contribution is 2.45. The lowest BCUT2D eigenvalue weighted by Crippen LogP contribution is -2.41. The lowest BCUT2D eigenvalue weighted by molar-refractivity contribution is 0.0955. The summed E-state index contributed by atoms with van der Waals surface area (Å²) in [5.41, 5.74) is 1.03. The van der Waals surface area contributed by atoms with E-state index in [0.29, 0.717) is 29.1 Å². The molecule has 0 atom stereocenters. The molecule has 1 saturated heterocycles. The van der Waals surface area contributed by atoms with Gasteiger partial charge in [0.1, 0.15) is 0 Å². The average molecular weight is 377 g/mol. The number of aliphatic imine (C=N–C) groups is 1. The van der Waals surface area contributed by atoms with E-state index in [4.69, 9.17) is 16.6 Å². The molecule has 1 saturated carbocycles. The Bertz CT molecular complexity index is 655. The van der Waals surface area contributed by atoms with Gasteiger partial charge in [-0.1, -0.05) is 36.6 Å². The number of nitrogens with zero attached hydrogens (tertiary/aromatic N) is 2. The van der Waals surface area contributed by atoms with Crippen LogP contribution in [0.1, 0.15) is 49.4 Å². The summed E-state index contributed by atoms with van der Waals surface area (Å²) in [6.07, 6.45) is 6.74. The number of hydrogen-bond acceptors (Lipinski definition) is 2. The molecular weight excluding hydrogens is 348 g/mol. The summed E-state index contributed by atoms with van der Waals surface area (Å²) in [6.45, 7) is 6.20. The first-order valence-corrected chi connectivity index (χ1v) is 10.1. The van der Waals surface area contributed by atoms with Crippen molar-refractivity contribution in [2.24, 2.45) is 10.4 Å². The van der Waals surface area contributed by atoms with Gasteiger partial charge in [0, 0.05) is 26.2 Å². The van der Waals surface area contributed by atoms with Gasteiger partial charge >= 0.3 is 0 Å². The number of halogens is 1. The van der Waals surface area contributed by atoms with E-state index in [-0.39, 0.29) is 5.91 Å². The summed E-state index contributed by atoms with van der Waals surface area (Å²) in [4.78, 5) is 19.3. The number of hydrogen-bond donors (Lipinski definition) is 2. The van der Waals surface area contributed by atoms with E-state index in [0.717, 1.165) is 25.6 Å². The summed E-state index contributed by atoms with van der Waals surface area (Å²) in [7, 11) is 0. The third-order valence-electron chi connectivity index (χ3n) is 5.51. The number of benzene rings is 1. The second kappa shape index (κ2) is 8.76. The Morgan fingerprint density at radius 2 is 2.00 bits per heavy atom. The second-order valence-electron chi connectivity index (χ2n) is 7.35. The Labute approximate surface area is 161 Å². The van der Waals surface area contributed by atoms with Crippen LogP contribution in [0.25, 0.3) is 0 Å². The molecule has 1 spiro atoms. The van der Waals surface area contributed by atoms with Crippen molar-refractivity contribution in [2.45, 2.75) is 39.0 Å².